The minimum atomic E-state index is -3.67. The van der Waals surface area contributed by atoms with Crippen LogP contribution in [0.5, 0.6) is 5.75 Å². The fourth-order valence-corrected chi connectivity index (χ4v) is 4.40. The SMILES string of the molecule is COc1ccc(S(=O)(=O)N2CCOCC2)cc1NC(=O)C[n+]1ccccc1C. The van der Waals surface area contributed by atoms with Gasteiger partial charge in [-0.2, -0.15) is 8.87 Å². The van der Waals surface area contributed by atoms with Gasteiger partial charge in [0.1, 0.15) is 5.75 Å². The summed E-state index contributed by atoms with van der Waals surface area (Å²) in [5.74, 6) is 0.114. The number of aryl methyl sites for hydroxylation is 1. The zero-order valence-corrected chi connectivity index (χ0v) is 16.7. The van der Waals surface area contributed by atoms with E-state index >= 15 is 0 Å². The molecule has 1 aliphatic rings. The lowest BCUT2D eigenvalue weighted by Crippen LogP contribution is -2.42. The predicted molar refractivity (Wildman–Crippen MR) is 103 cm³/mol. The number of methoxy groups -OCH3 is 1. The Labute approximate surface area is 164 Å². The summed E-state index contributed by atoms with van der Waals surface area (Å²) in [6, 6.07) is 10.1. The minimum absolute atomic E-state index is 0.106. The van der Waals surface area contributed by atoms with Crippen LogP contribution in [0.2, 0.25) is 0 Å². The van der Waals surface area contributed by atoms with Gasteiger partial charge in [-0.15, -0.1) is 0 Å². The molecule has 0 radical (unpaired) electrons. The molecule has 0 bridgehead atoms. The van der Waals surface area contributed by atoms with E-state index < -0.39 is 10.0 Å². The lowest BCUT2D eigenvalue weighted by molar-refractivity contribution is -0.690. The van der Waals surface area contributed by atoms with Crippen molar-refractivity contribution in [2.45, 2.75) is 18.4 Å². The topological polar surface area (TPSA) is 88.8 Å². The van der Waals surface area contributed by atoms with Gasteiger partial charge in [0.25, 0.3) is 5.91 Å². The number of aromatic nitrogens is 1. The van der Waals surface area contributed by atoms with Crippen molar-refractivity contribution in [3.8, 4) is 5.75 Å². The summed E-state index contributed by atoms with van der Waals surface area (Å²) in [7, 11) is -2.20. The summed E-state index contributed by atoms with van der Waals surface area (Å²) < 4.78 is 39.4. The number of amides is 1. The van der Waals surface area contributed by atoms with Crippen LogP contribution in [-0.4, -0.2) is 52.0 Å². The number of anilines is 1. The van der Waals surface area contributed by atoms with Gasteiger partial charge in [-0.25, -0.2) is 8.42 Å². The molecular weight excluding hydrogens is 382 g/mol. The second kappa shape index (κ2) is 8.68. The van der Waals surface area contributed by atoms with E-state index in [1.165, 1.54) is 23.5 Å². The molecule has 1 N–H and O–H groups in total. The molecule has 3 rings (SSSR count). The van der Waals surface area contributed by atoms with E-state index in [2.05, 4.69) is 5.32 Å². The lowest BCUT2D eigenvalue weighted by atomic mass is 10.3. The van der Waals surface area contributed by atoms with Crippen LogP contribution < -0.4 is 14.6 Å². The third kappa shape index (κ3) is 4.49. The second-order valence-electron chi connectivity index (χ2n) is 6.40. The zero-order valence-electron chi connectivity index (χ0n) is 15.9. The monoisotopic (exact) mass is 406 g/mol. The molecule has 8 nitrogen and oxygen atoms in total. The number of pyridine rings is 1. The molecule has 1 fully saturated rings. The van der Waals surface area contributed by atoms with E-state index in [9.17, 15) is 13.2 Å². The number of carbonyl (C=O) groups excluding carboxylic acids is 1. The molecule has 1 saturated heterocycles. The van der Waals surface area contributed by atoms with Crippen LogP contribution in [0, 0.1) is 6.92 Å². The van der Waals surface area contributed by atoms with E-state index in [4.69, 9.17) is 9.47 Å². The van der Waals surface area contributed by atoms with Gasteiger partial charge in [-0.05, 0) is 18.2 Å². The van der Waals surface area contributed by atoms with Crippen molar-refractivity contribution in [3.63, 3.8) is 0 Å². The first kappa shape index (κ1) is 20.2. The van der Waals surface area contributed by atoms with Gasteiger partial charge >= 0.3 is 0 Å². The number of hydrogen-bond acceptors (Lipinski definition) is 5. The summed E-state index contributed by atoms with van der Waals surface area (Å²) >= 11 is 0. The number of sulfonamides is 1. The summed E-state index contributed by atoms with van der Waals surface area (Å²) in [6.07, 6.45) is 1.81. The molecule has 1 aliphatic heterocycles. The minimum Gasteiger partial charge on any atom is -0.495 e. The van der Waals surface area contributed by atoms with E-state index in [-0.39, 0.29) is 17.3 Å². The number of carbonyl (C=O) groups is 1. The Morgan fingerprint density at radius 1 is 1.25 bits per heavy atom. The van der Waals surface area contributed by atoms with Gasteiger partial charge in [-0.3, -0.25) is 4.79 Å². The number of nitrogens with zero attached hydrogens (tertiary/aromatic N) is 2. The molecule has 0 spiro atoms. The van der Waals surface area contributed by atoms with Crippen LogP contribution in [0.3, 0.4) is 0 Å². The van der Waals surface area contributed by atoms with Crippen molar-refractivity contribution in [2.24, 2.45) is 0 Å². The third-order valence-electron chi connectivity index (χ3n) is 4.53. The van der Waals surface area contributed by atoms with Gasteiger partial charge in [0.15, 0.2) is 11.9 Å². The molecule has 0 aliphatic carbocycles. The number of ether oxygens (including phenoxy) is 2. The van der Waals surface area contributed by atoms with Gasteiger partial charge < -0.3 is 14.8 Å². The van der Waals surface area contributed by atoms with Gasteiger partial charge in [0, 0.05) is 32.1 Å². The number of nitrogens with one attached hydrogen (secondary N) is 1. The second-order valence-corrected chi connectivity index (χ2v) is 8.33. The molecule has 1 aromatic heterocycles. The summed E-state index contributed by atoms with van der Waals surface area (Å²) in [4.78, 5) is 12.6. The van der Waals surface area contributed by atoms with Gasteiger partial charge in [0.05, 0.1) is 30.9 Å². The van der Waals surface area contributed by atoms with Gasteiger partial charge in [-0.1, -0.05) is 6.07 Å². The van der Waals surface area contributed by atoms with Crippen LogP contribution in [0.1, 0.15) is 5.69 Å². The standard InChI is InChI=1S/C19H23N3O5S/c1-15-5-3-4-8-21(15)14-19(23)20-17-13-16(6-7-18(17)26-2)28(24,25)22-9-11-27-12-10-22/h3-8,13H,9-12,14H2,1-2H3/p+1. The molecule has 0 unspecified atom stereocenters. The Morgan fingerprint density at radius 2 is 2.00 bits per heavy atom. The Bertz CT molecular complexity index is 956. The summed E-state index contributed by atoms with van der Waals surface area (Å²) in [5.41, 5.74) is 1.25. The zero-order chi connectivity index (χ0) is 20.1. The fourth-order valence-electron chi connectivity index (χ4n) is 2.96. The number of benzene rings is 1. The first-order valence-electron chi connectivity index (χ1n) is 8.92. The smallest absolute Gasteiger partial charge is 0.290 e. The number of morpholine rings is 1. The highest BCUT2D eigenvalue weighted by Crippen LogP contribution is 2.29. The molecule has 150 valence electrons. The summed E-state index contributed by atoms with van der Waals surface area (Å²) in [5, 5.41) is 2.76. The Morgan fingerprint density at radius 3 is 2.68 bits per heavy atom. The first-order valence-corrected chi connectivity index (χ1v) is 10.4. The Balaban J connectivity index is 1.83. The molecule has 28 heavy (non-hydrogen) atoms. The van der Waals surface area contributed by atoms with Crippen LogP contribution in [-0.2, 0) is 26.1 Å². The molecule has 0 saturated carbocycles. The van der Waals surface area contributed by atoms with Crippen molar-refractivity contribution >= 4 is 21.6 Å². The van der Waals surface area contributed by atoms with Crippen LogP contribution in [0.15, 0.2) is 47.5 Å². The first-order chi connectivity index (χ1) is 13.4. The molecule has 1 aromatic carbocycles. The number of hydrogen-bond donors (Lipinski definition) is 1. The highest BCUT2D eigenvalue weighted by molar-refractivity contribution is 7.89. The van der Waals surface area contributed by atoms with E-state index in [0.717, 1.165) is 5.69 Å². The van der Waals surface area contributed by atoms with Crippen molar-refractivity contribution in [1.82, 2.24) is 4.31 Å². The van der Waals surface area contributed by atoms with Crippen LogP contribution >= 0.6 is 0 Å². The predicted octanol–water partition coefficient (Wildman–Crippen LogP) is 0.951. The molecule has 0 atom stereocenters. The molecule has 1 amide bonds. The van der Waals surface area contributed by atoms with Crippen LogP contribution in [0.4, 0.5) is 5.69 Å². The van der Waals surface area contributed by atoms with Crippen molar-refractivity contribution < 1.29 is 27.3 Å². The van der Waals surface area contributed by atoms with Gasteiger partial charge in [0.2, 0.25) is 16.6 Å². The Hall–Kier alpha value is -2.49. The van der Waals surface area contributed by atoms with E-state index in [1.54, 1.807) is 10.6 Å². The average Bonchev–Trinajstić information content (AvgIpc) is 2.70. The van der Waals surface area contributed by atoms with Crippen molar-refractivity contribution in [1.29, 1.82) is 0 Å². The maximum absolute atomic E-state index is 12.9. The van der Waals surface area contributed by atoms with E-state index in [1.807, 2.05) is 31.3 Å². The lowest BCUT2D eigenvalue weighted by Gasteiger charge is -2.26. The fraction of sp³-hybridized carbons (Fsp3) is 0.368. The quantitative estimate of drug-likeness (QED) is 0.722. The summed E-state index contributed by atoms with van der Waals surface area (Å²) in [6.45, 7) is 3.36. The molecule has 9 heteroatoms. The molecule has 2 aromatic rings. The molecule has 2 heterocycles. The largest absolute Gasteiger partial charge is 0.495 e. The maximum Gasteiger partial charge on any atom is 0.290 e. The number of rotatable bonds is 6. The van der Waals surface area contributed by atoms with Crippen molar-refractivity contribution in [2.75, 3.05) is 38.7 Å². The normalized spacial score (nSPS) is 15.2. The highest BCUT2D eigenvalue weighted by atomic mass is 32.2. The highest BCUT2D eigenvalue weighted by Gasteiger charge is 2.27. The van der Waals surface area contributed by atoms with Crippen molar-refractivity contribution in [3.05, 3.63) is 48.3 Å². The maximum atomic E-state index is 12.9. The third-order valence-corrected chi connectivity index (χ3v) is 6.43. The average molecular weight is 406 g/mol. The Kier molecular flexibility index (Phi) is 6.28. The molecular formula is C19H24N3O5S+. The van der Waals surface area contributed by atoms with E-state index in [0.29, 0.717) is 37.7 Å². The van der Waals surface area contributed by atoms with Crippen LogP contribution in [0.25, 0.3) is 0 Å².